The van der Waals surface area contributed by atoms with Crippen LogP contribution in [-0.2, 0) is 17.6 Å². The minimum absolute atomic E-state index is 0.248. The van der Waals surface area contributed by atoms with Crippen molar-refractivity contribution in [3.05, 3.63) is 16.8 Å². The lowest BCUT2D eigenvalue weighted by Gasteiger charge is -2.26. The molecule has 0 aromatic carbocycles. The molecule has 3 heterocycles. The molecule has 0 bridgehead atoms. The van der Waals surface area contributed by atoms with Gasteiger partial charge >= 0.3 is 6.09 Å². The van der Waals surface area contributed by atoms with Crippen LogP contribution < -0.4 is 4.90 Å². The molecule has 4 rings (SSSR count). The summed E-state index contributed by atoms with van der Waals surface area (Å²) >= 11 is 1.85. The lowest BCUT2D eigenvalue weighted by atomic mass is 9.97. The topological polar surface area (TPSA) is 58.6 Å². The van der Waals surface area contributed by atoms with E-state index in [0.29, 0.717) is 12.5 Å². The Kier molecular flexibility index (Phi) is 5.21. The summed E-state index contributed by atoms with van der Waals surface area (Å²) in [6, 6.07) is 0. The smallest absolute Gasteiger partial charge is 0.410 e. The fraction of sp³-hybridized carbons (Fsp3) is 0.667. The quantitative estimate of drug-likeness (QED) is 0.768. The predicted octanol–water partition coefficient (Wildman–Crippen LogP) is 4.26. The van der Waals surface area contributed by atoms with Crippen molar-refractivity contribution in [2.45, 2.75) is 58.5 Å². The zero-order valence-electron chi connectivity index (χ0n) is 17.3. The van der Waals surface area contributed by atoms with Gasteiger partial charge in [-0.25, -0.2) is 14.8 Å². The third-order valence-corrected chi connectivity index (χ3v) is 6.75. The molecule has 28 heavy (non-hydrogen) atoms. The van der Waals surface area contributed by atoms with Crippen molar-refractivity contribution in [1.82, 2.24) is 14.9 Å². The summed E-state index contributed by atoms with van der Waals surface area (Å²) in [5, 5.41) is 1.28. The van der Waals surface area contributed by atoms with Crippen molar-refractivity contribution in [2.24, 2.45) is 5.92 Å². The number of thiophene rings is 1. The molecule has 1 saturated heterocycles. The van der Waals surface area contributed by atoms with Gasteiger partial charge in [0.25, 0.3) is 0 Å². The van der Waals surface area contributed by atoms with E-state index in [9.17, 15) is 4.79 Å². The molecule has 2 aromatic rings. The molecular weight excluding hydrogens is 372 g/mol. The highest BCUT2D eigenvalue weighted by Crippen LogP contribution is 2.40. The van der Waals surface area contributed by atoms with Gasteiger partial charge in [0, 0.05) is 31.6 Å². The second kappa shape index (κ2) is 7.50. The average Bonchev–Trinajstić information content (AvgIpc) is 3.24. The van der Waals surface area contributed by atoms with E-state index in [2.05, 4.69) is 14.9 Å². The van der Waals surface area contributed by atoms with Crippen molar-refractivity contribution < 1.29 is 9.53 Å². The Hall–Kier alpha value is -1.89. The maximum atomic E-state index is 12.3. The molecule has 2 aromatic heterocycles. The monoisotopic (exact) mass is 402 g/mol. The number of aromatic nitrogens is 2. The number of ether oxygens (including phenoxy) is 1. The molecule has 6 nitrogen and oxygen atoms in total. The predicted molar refractivity (Wildman–Crippen MR) is 113 cm³/mol. The minimum atomic E-state index is -0.461. The molecule has 0 spiro atoms. The third kappa shape index (κ3) is 3.95. The Labute approximate surface area is 170 Å². The van der Waals surface area contributed by atoms with Crippen molar-refractivity contribution in [1.29, 1.82) is 0 Å². The fourth-order valence-corrected chi connectivity index (χ4v) is 5.51. The molecule has 152 valence electrons. The average molecular weight is 403 g/mol. The molecule has 0 radical (unpaired) electrons. The largest absolute Gasteiger partial charge is 0.444 e. The van der Waals surface area contributed by atoms with Gasteiger partial charge in [0.15, 0.2) is 0 Å². The van der Waals surface area contributed by atoms with Crippen LogP contribution in [0.2, 0.25) is 0 Å². The van der Waals surface area contributed by atoms with Gasteiger partial charge in [-0.15, -0.1) is 11.3 Å². The van der Waals surface area contributed by atoms with Crippen molar-refractivity contribution in [3.8, 4) is 0 Å². The van der Waals surface area contributed by atoms with E-state index in [-0.39, 0.29) is 6.09 Å². The third-order valence-electron chi connectivity index (χ3n) is 5.55. The number of fused-ring (bicyclic) bond motifs is 3. The van der Waals surface area contributed by atoms with Gasteiger partial charge in [-0.1, -0.05) is 0 Å². The van der Waals surface area contributed by atoms with Crippen molar-refractivity contribution in [3.63, 3.8) is 0 Å². The SMILES string of the molecule is CN(CC1CCN(c2ncnc3sc4c(c23)CCCC4)C1)C(=O)OC(C)(C)C. The van der Waals surface area contributed by atoms with Crippen LogP contribution in [0, 0.1) is 5.92 Å². The lowest BCUT2D eigenvalue weighted by Crippen LogP contribution is -2.37. The Morgan fingerprint density at radius 1 is 1.32 bits per heavy atom. The van der Waals surface area contributed by atoms with Gasteiger partial charge in [0.05, 0.1) is 5.39 Å². The zero-order valence-corrected chi connectivity index (χ0v) is 18.1. The molecule has 1 atom stereocenters. The van der Waals surface area contributed by atoms with Crippen LogP contribution in [0.1, 0.15) is 50.5 Å². The molecule has 1 aliphatic carbocycles. The Bertz CT molecular complexity index is 873. The first kappa shape index (κ1) is 19.4. The van der Waals surface area contributed by atoms with Crippen LogP contribution in [0.4, 0.5) is 10.6 Å². The molecular formula is C21H30N4O2S. The summed E-state index contributed by atoms with van der Waals surface area (Å²) < 4.78 is 5.48. The van der Waals surface area contributed by atoms with Crippen molar-refractivity contribution >= 4 is 33.5 Å². The first-order valence-corrected chi connectivity index (χ1v) is 11.1. The second-order valence-electron chi connectivity index (χ2n) is 9.05. The maximum absolute atomic E-state index is 12.3. The van der Waals surface area contributed by atoms with Gasteiger partial charge in [0.1, 0.15) is 22.6 Å². The van der Waals surface area contributed by atoms with Crippen LogP contribution >= 0.6 is 11.3 Å². The summed E-state index contributed by atoms with van der Waals surface area (Å²) in [6.07, 6.45) is 7.39. The number of rotatable bonds is 3. The van der Waals surface area contributed by atoms with Crippen LogP contribution in [0.15, 0.2) is 6.33 Å². The van der Waals surface area contributed by atoms with Crippen LogP contribution in [0.3, 0.4) is 0 Å². The molecule has 2 aliphatic rings. The van der Waals surface area contributed by atoms with Gasteiger partial charge < -0.3 is 14.5 Å². The number of nitrogens with zero attached hydrogens (tertiary/aromatic N) is 4. The summed E-state index contributed by atoms with van der Waals surface area (Å²) in [4.78, 5) is 28.2. The summed E-state index contributed by atoms with van der Waals surface area (Å²) in [5.41, 5.74) is 1.02. The number of carbonyl (C=O) groups is 1. The lowest BCUT2D eigenvalue weighted by molar-refractivity contribution is 0.0277. The molecule has 0 N–H and O–H groups in total. The van der Waals surface area contributed by atoms with Crippen LogP contribution in [0.5, 0.6) is 0 Å². The van der Waals surface area contributed by atoms with E-state index in [1.54, 1.807) is 11.2 Å². The Balaban J connectivity index is 1.47. The van der Waals surface area contributed by atoms with E-state index in [1.165, 1.54) is 35.1 Å². The van der Waals surface area contributed by atoms with E-state index < -0.39 is 5.60 Å². The van der Waals surface area contributed by atoms with E-state index in [0.717, 1.165) is 36.6 Å². The van der Waals surface area contributed by atoms with Gasteiger partial charge in [-0.05, 0) is 64.4 Å². The summed E-state index contributed by atoms with van der Waals surface area (Å²) in [5.74, 6) is 1.52. The highest BCUT2D eigenvalue weighted by Gasteiger charge is 2.30. The van der Waals surface area contributed by atoms with Gasteiger partial charge in [-0.3, -0.25) is 0 Å². The molecule has 1 unspecified atom stereocenters. The molecule has 1 fully saturated rings. The molecule has 1 aliphatic heterocycles. The highest BCUT2D eigenvalue weighted by atomic mass is 32.1. The van der Waals surface area contributed by atoms with Crippen molar-refractivity contribution in [2.75, 3.05) is 31.6 Å². The highest BCUT2D eigenvalue weighted by molar-refractivity contribution is 7.19. The zero-order chi connectivity index (χ0) is 19.9. The number of carbonyl (C=O) groups excluding carboxylic acids is 1. The van der Waals surface area contributed by atoms with Gasteiger partial charge in [-0.2, -0.15) is 0 Å². The summed E-state index contributed by atoms with van der Waals surface area (Å²) in [7, 11) is 1.83. The fourth-order valence-electron chi connectivity index (χ4n) is 4.29. The Morgan fingerprint density at radius 3 is 2.89 bits per heavy atom. The Morgan fingerprint density at radius 2 is 2.11 bits per heavy atom. The summed E-state index contributed by atoms with van der Waals surface area (Å²) in [6.45, 7) is 8.31. The molecule has 7 heteroatoms. The van der Waals surface area contributed by atoms with E-state index in [1.807, 2.05) is 39.2 Å². The van der Waals surface area contributed by atoms with Crippen LogP contribution in [-0.4, -0.2) is 53.2 Å². The normalized spacial score (nSPS) is 19.7. The first-order chi connectivity index (χ1) is 13.3. The minimum Gasteiger partial charge on any atom is -0.444 e. The molecule has 1 amide bonds. The van der Waals surface area contributed by atoms with E-state index >= 15 is 0 Å². The van der Waals surface area contributed by atoms with Crippen LogP contribution in [0.25, 0.3) is 10.2 Å². The maximum Gasteiger partial charge on any atom is 0.410 e. The second-order valence-corrected chi connectivity index (χ2v) is 10.1. The van der Waals surface area contributed by atoms with E-state index in [4.69, 9.17) is 4.74 Å². The number of hydrogen-bond donors (Lipinski definition) is 0. The first-order valence-electron chi connectivity index (χ1n) is 10.3. The standard InChI is InChI=1S/C21H30N4O2S/c1-21(2,3)27-20(26)24(4)11-14-9-10-25(12-14)18-17-15-7-5-6-8-16(15)28-19(17)23-13-22-18/h13-14H,5-12H2,1-4H3. The number of hydrogen-bond acceptors (Lipinski definition) is 6. The molecule has 0 saturated carbocycles. The number of anilines is 1. The number of amides is 1. The number of aryl methyl sites for hydroxylation is 2. The van der Waals surface area contributed by atoms with Gasteiger partial charge in [0.2, 0.25) is 0 Å².